The normalized spacial score (nSPS) is 14.4. The lowest BCUT2D eigenvalue weighted by Gasteiger charge is -2.33. The molecule has 1 unspecified atom stereocenters. The van der Waals surface area contributed by atoms with Gasteiger partial charge in [0.1, 0.15) is 29.9 Å². The van der Waals surface area contributed by atoms with Crippen LogP contribution in [0.25, 0.3) is 11.4 Å². The van der Waals surface area contributed by atoms with E-state index in [1.165, 1.54) is 46.7 Å². The summed E-state index contributed by atoms with van der Waals surface area (Å²) >= 11 is 2.43. The molecule has 4 rings (SSSR count). The van der Waals surface area contributed by atoms with Gasteiger partial charge in [0.2, 0.25) is 0 Å². The molecule has 0 saturated heterocycles. The lowest BCUT2D eigenvalue weighted by Crippen LogP contribution is -2.41. The molecular formula is C19H16F2N6OS2. The van der Waals surface area contributed by atoms with Crippen LogP contribution in [0.15, 0.2) is 59.7 Å². The third-order valence-electron chi connectivity index (χ3n) is 4.56. The standard InChI is InChI=1S/C19H16F2N6OS2/c1-12(29-18-25-17(26-30-18)13-4-6-22-7-5-13)19(28,9-27-11-23-10-24-27)15-3-2-14(20)8-16(15)21/h2-8,10-12,28H,9H2,1H3/t12-,19?/m1/s1. The zero-order chi connectivity index (χ0) is 21.1. The van der Waals surface area contributed by atoms with Crippen molar-refractivity contribution < 1.29 is 13.9 Å². The van der Waals surface area contributed by atoms with Crippen molar-refractivity contribution in [2.75, 3.05) is 0 Å². The van der Waals surface area contributed by atoms with Gasteiger partial charge in [0.15, 0.2) is 10.2 Å². The fraction of sp³-hybridized carbons (Fsp3) is 0.211. The molecule has 0 aliphatic rings. The maximum absolute atomic E-state index is 14.6. The molecule has 0 aliphatic carbocycles. The molecule has 3 aromatic heterocycles. The molecule has 0 spiro atoms. The second-order valence-electron chi connectivity index (χ2n) is 6.52. The van der Waals surface area contributed by atoms with Crippen LogP contribution in [-0.4, -0.2) is 39.5 Å². The molecule has 7 nitrogen and oxygen atoms in total. The molecule has 0 radical (unpaired) electrons. The van der Waals surface area contributed by atoms with Crippen LogP contribution in [-0.2, 0) is 12.1 Å². The van der Waals surface area contributed by atoms with Crippen LogP contribution in [0.4, 0.5) is 8.78 Å². The van der Waals surface area contributed by atoms with Crippen molar-refractivity contribution in [3.05, 3.63) is 72.6 Å². The van der Waals surface area contributed by atoms with Crippen molar-refractivity contribution in [1.29, 1.82) is 0 Å². The first-order valence-corrected chi connectivity index (χ1v) is 10.5. The highest BCUT2D eigenvalue weighted by Crippen LogP contribution is 2.40. The van der Waals surface area contributed by atoms with Gasteiger partial charge in [0, 0.05) is 34.8 Å². The van der Waals surface area contributed by atoms with Gasteiger partial charge in [-0.05, 0) is 36.7 Å². The molecule has 0 aliphatic heterocycles. The summed E-state index contributed by atoms with van der Waals surface area (Å²) in [5, 5.41) is 15.0. The van der Waals surface area contributed by atoms with E-state index in [9.17, 15) is 13.9 Å². The van der Waals surface area contributed by atoms with Gasteiger partial charge < -0.3 is 5.11 Å². The smallest absolute Gasteiger partial charge is 0.174 e. The highest BCUT2D eigenvalue weighted by molar-refractivity contribution is 8.01. The largest absolute Gasteiger partial charge is 0.382 e. The van der Waals surface area contributed by atoms with Crippen molar-refractivity contribution in [3.8, 4) is 11.4 Å². The third-order valence-corrected chi connectivity index (χ3v) is 6.62. The molecule has 1 N–H and O–H groups in total. The number of rotatable bonds is 7. The predicted octanol–water partition coefficient (Wildman–Crippen LogP) is 3.54. The Balaban J connectivity index is 1.64. The topological polar surface area (TPSA) is 89.6 Å². The Morgan fingerprint density at radius 1 is 1.20 bits per heavy atom. The Labute approximate surface area is 179 Å². The second kappa shape index (κ2) is 8.54. The summed E-state index contributed by atoms with van der Waals surface area (Å²) < 4.78 is 34.4. The lowest BCUT2D eigenvalue weighted by atomic mass is 9.90. The fourth-order valence-electron chi connectivity index (χ4n) is 2.96. The number of thioether (sulfide) groups is 1. The summed E-state index contributed by atoms with van der Waals surface area (Å²) in [6.07, 6.45) is 6.06. The molecule has 30 heavy (non-hydrogen) atoms. The quantitative estimate of drug-likeness (QED) is 0.434. The van der Waals surface area contributed by atoms with Crippen LogP contribution in [0, 0.1) is 11.6 Å². The molecule has 4 aromatic rings. The molecule has 0 saturated carbocycles. The Morgan fingerprint density at radius 3 is 2.70 bits per heavy atom. The summed E-state index contributed by atoms with van der Waals surface area (Å²) in [5.74, 6) is -1.00. The Bertz CT molecular complexity index is 1130. The number of aliphatic hydroxyl groups is 1. The summed E-state index contributed by atoms with van der Waals surface area (Å²) in [7, 11) is 0. The Morgan fingerprint density at radius 2 is 2.00 bits per heavy atom. The number of hydrogen-bond donors (Lipinski definition) is 1. The first-order valence-electron chi connectivity index (χ1n) is 8.87. The van der Waals surface area contributed by atoms with Crippen molar-refractivity contribution in [1.82, 2.24) is 29.1 Å². The molecule has 0 fully saturated rings. The van der Waals surface area contributed by atoms with E-state index in [2.05, 4.69) is 24.4 Å². The highest BCUT2D eigenvalue weighted by Gasteiger charge is 2.40. The minimum Gasteiger partial charge on any atom is -0.382 e. The summed E-state index contributed by atoms with van der Waals surface area (Å²) in [6, 6.07) is 6.73. The van der Waals surface area contributed by atoms with Crippen molar-refractivity contribution in [2.24, 2.45) is 0 Å². The first-order chi connectivity index (χ1) is 14.5. The maximum atomic E-state index is 14.6. The SMILES string of the molecule is C[C@@H](Sc1nc(-c2ccncc2)ns1)C(O)(Cn1cncn1)c1ccc(F)cc1F. The zero-order valence-corrected chi connectivity index (χ0v) is 17.3. The molecule has 1 aromatic carbocycles. The average molecular weight is 447 g/mol. The number of benzene rings is 1. The van der Waals surface area contributed by atoms with Crippen molar-refractivity contribution in [2.45, 2.75) is 28.7 Å². The maximum Gasteiger partial charge on any atom is 0.174 e. The van der Waals surface area contributed by atoms with E-state index in [0.717, 1.165) is 17.7 Å². The average Bonchev–Trinajstić information content (AvgIpc) is 3.40. The Hall–Kier alpha value is -2.76. The minimum atomic E-state index is -1.71. The molecule has 2 atom stereocenters. The monoisotopic (exact) mass is 446 g/mol. The van der Waals surface area contributed by atoms with E-state index in [1.807, 2.05) is 0 Å². The summed E-state index contributed by atoms with van der Waals surface area (Å²) in [4.78, 5) is 12.4. The van der Waals surface area contributed by atoms with E-state index in [4.69, 9.17) is 0 Å². The number of hydrogen-bond acceptors (Lipinski definition) is 8. The summed E-state index contributed by atoms with van der Waals surface area (Å²) in [5.41, 5.74) is -0.917. The van der Waals surface area contributed by atoms with Gasteiger partial charge in [0.25, 0.3) is 0 Å². The summed E-state index contributed by atoms with van der Waals surface area (Å²) in [6.45, 7) is 1.68. The van der Waals surface area contributed by atoms with Gasteiger partial charge >= 0.3 is 0 Å². The van der Waals surface area contributed by atoms with Gasteiger partial charge in [-0.1, -0.05) is 17.8 Å². The van der Waals surface area contributed by atoms with Crippen LogP contribution in [0.1, 0.15) is 12.5 Å². The molecule has 11 heteroatoms. The molecule has 0 bridgehead atoms. The van der Waals surface area contributed by atoms with Gasteiger partial charge in [-0.2, -0.15) is 9.47 Å². The van der Waals surface area contributed by atoms with Crippen LogP contribution in [0.3, 0.4) is 0 Å². The van der Waals surface area contributed by atoms with Crippen molar-refractivity contribution >= 4 is 23.3 Å². The van der Waals surface area contributed by atoms with Crippen LogP contribution < -0.4 is 0 Å². The van der Waals surface area contributed by atoms with Gasteiger partial charge in [-0.25, -0.2) is 23.4 Å². The number of aromatic nitrogens is 6. The fourth-order valence-corrected chi connectivity index (χ4v) is 4.95. The van der Waals surface area contributed by atoms with Crippen LogP contribution >= 0.6 is 23.3 Å². The van der Waals surface area contributed by atoms with E-state index in [0.29, 0.717) is 10.2 Å². The second-order valence-corrected chi connectivity index (χ2v) is 8.86. The van der Waals surface area contributed by atoms with Gasteiger partial charge in [0.05, 0.1) is 6.54 Å². The van der Waals surface area contributed by atoms with Crippen LogP contribution in [0.2, 0.25) is 0 Å². The number of halogens is 2. The van der Waals surface area contributed by atoms with E-state index in [-0.39, 0.29) is 12.1 Å². The third kappa shape index (κ3) is 4.23. The number of nitrogens with zero attached hydrogens (tertiary/aromatic N) is 6. The highest BCUT2D eigenvalue weighted by atomic mass is 32.2. The van der Waals surface area contributed by atoms with E-state index in [1.54, 1.807) is 31.5 Å². The molecule has 0 amide bonds. The van der Waals surface area contributed by atoms with E-state index < -0.39 is 22.5 Å². The van der Waals surface area contributed by atoms with Crippen LogP contribution in [0.5, 0.6) is 0 Å². The van der Waals surface area contributed by atoms with Gasteiger partial charge in [-0.3, -0.25) is 4.98 Å². The van der Waals surface area contributed by atoms with E-state index >= 15 is 0 Å². The first kappa shape index (κ1) is 20.5. The molecule has 154 valence electrons. The number of pyridine rings is 1. The molecule has 3 heterocycles. The van der Waals surface area contributed by atoms with Crippen molar-refractivity contribution in [3.63, 3.8) is 0 Å². The predicted molar refractivity (Wildman–Crippen MR) is 109 cm³/mol. The lowest BCUT2D eigenvalue weighted by molar-refractivity contribution is 0.0133. The minimum absolute atomic E-state index is 0.0294. The Kier molecular flexibility index (Phi) is 5.84. The van der Waals surface area contributed by atoms with Gasteiger partial charge in [-0.15, -0.1) is 0 Å². The zero-order valence-electron chi connectivity index (χ0n) is 15.7. The molecular weight excluding hydrogens is 430 g/mol.